The molecule has 1 amide bonds. The molecule has 3 rings (SSSR count). The van der Waals surface area contributed by atoms with E-state index < -0.39 is 11.9 Å². The van der Waals surface area contributed by atoms with Crippen molar-refractivity contribution in [3.63, 3.8) is 0 Å². The Bertz CT molecular complexity index is 1150. The van der Waals surface area contributed by atoms with Gasteiger partial charge in [0.05, 0.1) is 6.61 Å². The fourth-order valence-electron chi connectivity index (χ4n) is 2.69. The van der Waals surface area contributed by atoms with Crippen LogP contribution in [0.4, 0.5) is 5.00 Å². The smallest absolute Gasteiger partial charge is 0.341 e. The maximum absolute atomic E-state index is 12.7. The van der Waals surface area contributed by atoms with Crippen molar-refractivity contribution in [2.24, 2.45) is 0 Å². The highest BCUT2D eigenvalue weighted by Gasteiger charge is 2.24. The molecule has 0 atom stereocenters. The van der Waals surface area contributed by atoms with E-state index in [1.54, 1.807) is 31.4 Å². The highest BCUT2D eigenvalue weighted by molar-refractivity contribution is 9.10. The number of thiophene rings is 1. The number of hydrogen-bond donors (Lipinski definition) is 1. The highest BCUT2D eigenvalue weighted by atomic mass is 79.9. The van der Waals surface area contributed by atoms with Crippen molar-refractivity contribution in [2.45, 2.75) is 13.8 Å². The normalized spacial score (nSPS) is 11.1. The van der Waals surface area contributed by atoms with Gasteiger partial charge in [-0.05, 0) is 43.7 Å². The summed E-state index contributed by atoms with van der Waals surface area (Å²) >= 11 is 4.58. The van der Waals surface area contributed by atoms with Crippen molar-refractivity contribution >= 4 is 50.2 Å². The van der Waals surface area contributed by atoms with E-state index in [0.29, 0.717) is 22.1 Å². The molecule has 0 aliphatic carbocycles. The van der Waals surface area contributed by atoms with E-state index in [0.717, 1.165) is 10.0 Å². The van der Waals surface area contributed by atoms with Crippen LogP contribution in [-0.2, 0) is 9.53 Å². The van der Waals surface area contributed by atoms with E-state index in [4.69, 9.17) is 9.15 Å². The number of furan rings is 1. The second-order valence-electron chi connectivity index (χ2n) is 6.15. The van der Waals surface area contributed by atoms with Gasteiger partial charge in [-0.2, -0.15) is 5.26 Å². The van der Waals surface area contributed by atoms with Gasteiger partial charge in [-0.15, -0.1) is 11.3 Å². The molecule has 0 bridgehead atoms. The number of esters is 1. The number of nitriles is 1. The van der Waals surface area contributed by atoms with Gasteiger partial charge in [0.2, 0.25) is 0 Å². The Kier molecular flexibility index (Phi) is 6.87. The lowest BCUT2D eigenvalue weighted by Gasteiger charge is -2.08. The molecule has 1 N–H and O–H groups in total. The Morgan fingerprint density at radius 3 is 2.60 bits per heavy atom. The quantitative estimate of drug-likeness (QED) is 0.271. The largest absolute Gasteiger partial charge is 0.462 e. The van der Waals surface area contributed by atoms with Gasteiger partial charge in [0.25, 0.3) is 5.91 Å². The van der Waals surface area contributed by atoms with Gasteiger partial charge in [-0.1, -0.05) is 28.1 Å². The third kappa shape index (κ3) is 4.87. The fraction of sp³-hybridized carbons (Fsp3) is 0.136. The Labute approximate surface area is 185 Å². The van der Waals surface area contributed by atoms with E-state index in [-0.39, 0.29) is 17.7 Å². The summed E-state index contributed by atoms with van der Waals surface area (Å²) in [5, 5.41) is 14.2. The summed E-state index contributed by atoms with van der Waals surface area (Å²) in [6.45, 7) is 3.68. The minimum atomic E-state index is -0.638. The van der Waals surface area contributed by atoms with Gasteiger partial charge in [-0.25, -0.2) is 4.79 Å². The van der Waals surface area contributed by atoms with Crippen LogP contribution in [0.5, 0.6) is 0 Å². The van der Waals surface area contributed by atoms with E-state index in [2.05, 4.69) is 21.2 Å². The summed E-state index contributed by atoms with van der Waals surface area (Å²) in [4.78, 5) is 25.3. The molecule has 0 fully saturated rings. The molecular weight excluding hydrogens is 468 g/mol. The minimum Gasteiger partial charge on any atom is -0.462 e. The van der Waals surface area contributed by atoms with Gasteiger partial charge in [0.1, 0.15) is 33.7 Å². The zero-order valence-corrected chi connectivity index (χ0v) is 18.6. The average Bonchev–Trinajstić information content (AvgIpc) is 3.32. The first-order valence-electron chi connectivity index (χ1n) is 8.97. The number of anilines is 1. The van der Waals surface area contributed by atoms with Crippen LogP contribution < -0.4 is 5.32 Å². The summed E-state index contributed by atoms with van der Waals surface area (Å²) in [5.74, 6) is -0.120. The van der Waals surface area contributed by atoms with Crippen molar-refractivity contribution in [3.8, 4) is 17.2 Å². The Morgan fingerprint density at radius 2 is 2.00 bits per heavy atom. The van der Waals surface area contributed by atoms with Crippen LogP contribution in [0.1, 0.15) is 28.8 Å². The number of amides is 1. The molecular formula is C22H17BrN2O4S. The molecule has 1 aromatic carbocycles. The molecule has 0 saturated carbocycles. The van der Waals surface area contributed by atoms with Gasteiger partial charge in [0, 0.05) is 21.5 Å². The van der Waals surface area contributed by atoms with E-state index in [1.807, 2.05) is 30.3 Å². The van der Waals surface area contributed by atoms with Gasteiger partial charge < -0.3 is 14.5 Å². The SMILES string of the molecule is CCOC(=O)c1c(-c2ccc(Br)cc2)csc1NC(=O)C(C#N)=Cc1ccc(C)o1. The summed E-state index contributed by atoms with van der Waals surface area (Å²) in [6, 6.07) is 12.7. The number of halogens is 1. The molecule has 0 saturated heterocycles. The number of carbonyl (C=O) groups excluding carboxylic acids is 2. The molecule has 8 heteroatoms. The lowest BCUT2D eigenvalue weighted by molar-refractivity contribution is -0.112. The summed E-state index contributed by atoms with van der Waals surface area (Å²) in [7, 11) is 0. The maximum atomic E-state index is 12.7. The third-order valence-electron chi connectivity index (χ3n) is 4.07. The van der Waals surface area contributed by atoms with Crippen molar-refractivity contribution < 1.29 is 18.7 Å². The molecule has 0 radical (unpaired) electrons. The molecule has 3 aromatic rings. The summed E-state index contributed by atoms with van der Waals surface area (Å²) in [6.07, 6.45) is 1.36. The zero-order chi connectivity index (χ0) is 21.7. The van der Waals surface area contributed by atoms with Crippen molar-refractivity contribution in [3.05, 3.63) is 68.9 Å². The second-order valence-corrected chi connectivity index (χ2v) is 7.95. The monoisotopic (exact) mass is 484 g/mol. The predicted molar refractivity (Wildman–Crippen MR) is 119 cm³/mol. The van der Waals surface area contributed by atoms with Crippen LogP contribution in [0.15, 0.2) is 56.2 Å². The number of ether oxygens (including phenoxy) is 1. The van der Waals surface area contributed by atoms with Gasteiger partial charge in [-0.3, -0.25) is 4.79 Å². The van der Waals surface area contributed by atoms with Crippen molar-refractivity contribution in [2.75, 3.05) is 11.9 Å². The summed E-state index contributed by atoms with van der Waals surface area (Å²) < 4.78 is 11.5. The van der Waals surface area contributed by atoms with Crippen LogP contribution in [0.3, 0.4) is 0 Å². The number of aryl methyl sites for hydroxylation is 1. The number of carbonyl (C=O) groups is 2. The predicted octanol–water partition coefficient (Wildman–Crippen LogP) is 5.80. The van der Waals surface area contributed by atoms with Crippen molar-refractivity contribution in [1.29, 1.82) is 5.26 Å². The Balaban J connectivity index is 1.96. The van der Waals surface area contributed by atoms with Gasteiger partial charge >= 0.3 is 5.97 Å². The Hall–Kier alpha value is -3.15. The molecule has 0 aliphatic rings. The molecule has 2 heterocycles. The molecule has 6 nitrogen and oxygen atoms in total. The average molecular weight is 485 g/mol. The lowest BCUT2D eigenvalue weighted by Crippen LogP contribution is -2.16. The van der Waals surface area contributed by atoms with Crippen LogP contribution in [0, 0.1) is 18.3 Å². The van der Waals surface area contributed by atoms with Crippen LogP contribution in [0.25, 0.3) is 17.2 Å². The maximum Gasteiger partial charge on any atom is 0.341 e. The standard InChI is InChI=1S/C22H17BrN2O4S/c1-3-28-22(27)19-18(14-5-7-16(23)8-6-14)12-30-21(19)25-20(26)15(11-24)10-17-9-4-13(2)29-17/h4-10,12H,3H2,1-2H3,(H,25,26). The van der Waals surface area contributed by atoms with E-state index in [1.165, 1.54) is 17.4 Å². The molecule has 0 aliphatic heterocycles. The number of benzene rings is 1. The molecule has 152 valence electrons. The van der Waals surface area contributed by atoms with Crippen LogP contribution in [0.2, 0.25) is 0 Å². The minimum absolute atomic E-state index is 0.141. The highest BCUT2D eigenvalue weighted by Crippen LogP contribution is 2.37. The topological polar surface area (TPSA) is 92.3 Å². The first-order valence-corrected chi connectivity index (χ1v) is 10.6. The number of nitrogens with zero attached hydrogens (tertiary/aromatic N) is 1. The number of nitrogens with one attached hydrogen (secondary N) is 1. The number of rotatable bonds is 6. The first kappa shape index (κ1) is 21.6. The Morgan fingerprint density at radius 1 is 1.27 bits per heavy atom. The molecule has 30 heavy (non-hydrogen) atoms. The van der Waals surface area contributed by atoms with Gasteiger partial charge in [0.15, 0.2) is 0 Å². The zero-order valence-electron chi connectivity index (χ0n) is 16.2. The second kappa shape index (κ2) is 9.57. The van der Waals surface area contributed by atoms with Crippen LogP contribution in [-0.4, -0.2) is 18.5 Å². The molecule has 0 spiro atoms. The van der Waals surface area contributed by atoms with E-state index in [9.17, 15) is 14.9 Å². The first-order chi connectivity index (χ1) is 14.4. The number of hydrogen-bond acceptors (Lipinski definition) is 6. The van der Waals surface area contributed by atoms with Crippen molar-refractivity contribution in [1.82, 2.24) is 0 Å². The fourth-order valence-corrected chi connectivity index (χ4v) is 3.91. The van der Waals surface area contributed by atoms with E-state index >= 15 is 0 Å². The van der Waals surface area contributed by atoms with Crippen LogP contribution >= 0.6 is 27.3 Å². The lowest BCUT2D eigenvalue weighted by atomic mass is 10.0. The molecule has 2 aromatic heterocycles. The third-order valence-corrected chi connectivity index (χ3v) is 5.49. The summed E-state index contributed by atoms with van der Waals surface area (Å²) in [5.41, 5.74) is 1.56. The molecule has 0 unspecified atom stereocenters.